The summed E-state index contributed by atoms with van der Waals surface area (Å²) < 4.78 is 5.25. The lowest BCUT2D eigenvalue weighted by atomic mass is 9.78. The highest BCUT2D eigenvalue weighted by atomic mass is 16.5. The Labute approximate surface area is 72.9 Å². The summed E-state index contributed by atoms with van der Waals surface area (Å²) in [6.07, 6.45) is 4.73. The minimum Gasteiger partial charge on any atom is -0.388 e. The van der Waals surface area contributed by atoms with Crippen molar-refractivity contribution in [2.24, 2.45) is 5.73 Å². The lowest BCUT2D eigenvalue weighted by Crippen LogP contribution is -2.59. The maximum atomic E-state index is 10.2. The highest BCUT2D eigenvalue weighted by Gasteiger charge is 2.50. The number of aliphatic hydroxyl groups is 1. The van der Waals surface area contributed by atoms with E-state index in [1.54, 1.807) is 0 Å². The van der Waals surface area contributed by atoms with Crippen LogP contribution in [0.3, 0.4) is 0 Å². The molecule has 0 aromatic rings. The highest BCUT2D eigenvalue weighted by Crippen LogP contribution is 2.40. The van der Waals surface area contributed by atoms with Gasteiger partial charge in [0.2, 0.25) is 0 Å². The molecule has 1 saturated heterocycles. The number of nitrogens with two attached hydrogens (primary N) is 1. The maximum Gasteiger partial charge on any atom is 0.0849 e. The first-order chi connectivity index (χ1) is 5.66. The van der Waals surface area contributed by atoms with Crippen LogP contribution in [0.2, 0.25) is 0 Å². The second-order valence-electron chi connectivity index (χ2n) is 4.20. The lowest BCUT2D eigenvalue weighted by Gasteiger charge is -2.38. The lowest BCUT2D eigenvalue weighted by molar-refractivity contribution is -0.0332. The molecule has 0 aromatic heterocycles. The molecule has 0 bridgehead atoms. The Morgan fingerprint density at radius 1 is 1.17 bits per heavy atom. The average molecular weight is 171 g/mol. The van der Waals surface area contributed by atoms with Crippen molar-refractivity contribution in [2.45, 2.75) is 43.2 Å². The molecule has 3 nitrogen and oxygen atoms in total. The van der Waals surface area contributed by atoms with Crippen molar-refractivity contribution < 1.29 is 9.84 Å². The van der Waals surface area contributed by atoms with Crippen LogP contribution in [0.25, 0.3) is 0 Å². The number of ether oxygens (including phenoxy) is 1. The van der Waals surface area contributed by atoms with Gasteiger partial charge in [0.25, 0.3) is 0 Å². The summed E-state index contributed by atoms with van der Waals surface area (Å²) in [6, 6.07) is 0. The Kier molecular flexibility index (Phi) is 1.90. The van der Waals surface area contributed by atoms with Gasteiger partial charge in [-0.3, -0.25) is 0 Å². The molecule has 0 radical (unpaired) electrons. The molecule has 70 valence electrons. The van der Waals surface area contributed by atoms with E-state index in [0.717, 1.165) is 32.1 Å². The molecule has 2 fully saturated rings. The molecule has 2 rings (SSSR count). The molecule has 0 aromatic carbocycles. The van der Waals surface area contributed by atoms with E-state index >= 15 is 0 Å². The minimum atomic E-state index is -0.635. The Bertz CT molecular complexity index is 149. The fourth-order valence-electron chi connectivity index (χ4n) is 2.41. The van der Waals surface area contributed by atoms with E-state index < -0.39 is 11.1 Å². The third-order valence-electron chi connectivity index (χ3n) is 3.41. The van der Waals surface area contributed by atoms with Gasteiger partial charge in [-0.05, 0) is 19.3 Å². The molecular formula is C9H17NO2. The smallest absolute Gasteiger partial charge is 0.0849 e. The van der Waals surface area contributed by atoms with Crippen molar-refractivity contribution in [1.82, 2.24) is 0 Å². The van der Waals surface area contributed by atoms with Crippen molar-refractivity contribution in [2.75, 3.05) is 13.2 Å². The predicted molar refractivity (Wildman–Crippen MR) is 45.8 cm³/mol. The van der Waals surface area contributed by atoms with Crippen LogP contribution in [-0.4, -0.2) is 29.5 Å². The zero-order valence-electron chi connectivity index (χ0n) is 7.38. The highest BCUT2D eigenvalue weighted by molar-refractivity contribution is 5.07. The fourth-order valence-corrected chi connectivity index (χ4v) is 2.41. The second-order valence-corrected chi connectivity index (χ2v) is 4.20. The van der Waals surface area contributed by atoms with Crippen molar-refractivity contribution in [3.05, 3.63) is 0 Å². The summed E-state index contributed by atoms with van der Waals surface area (Å²) in [7, 11) is 0. The van der Waals surface area contributed by atoms with E-state index in [-0.39, 0.29) is 0 Å². The third kappa shape index (κ3) is 1.08. The molecule has 0 amide bonds. The van der Waals surface area contributed by atoms with Gasteiger partial charge in [-0.2, -0.15) is 0 Å². The summed E-state index contributed by atoms with van der Waals surface area (Å²) in [4.78, 5) is 0. The van der Waals surface area contributed by atoms with Crippen LogP contribution in [0.4, 0.5) is 0 Å². The normalized spacial score (nSPS) is 40.5. The standard InChI is InChI=1S/C9H17NO2/c10-8(5-6-12-7-8)9(11)3-1-2-4-9/h11H,1-7,10H2. The molecule has 0 spiro atoms. The van der Waals surface area contributed by atoms with E-state index in [0.29, 0.717) is 13.2 Å². The van der Waals surface area contributed by atoms with E-state index in [4.69, 9.17) is 10.5 Å². The molecule has 12 heavy (non-hydrogen) atoms. The van der Waals surface area contributed by atoms with Crippen LogP contribution in [0.5, 0.6) is 0 Å². The van der Waals surface area contributed by atoms with Crippen LogP contribution in [-0.2, 0) is 4.74 Å². The Morgan fingerprint density at radius 3 is 2.33 bits per heavy atom. The van der Waals surface area contributed by atoms with E-state index in [2.05, 4.69) is 0 Å². The Balaban J connectivity index is 2.14. The molecule has 3 N–H and O–H groups in total. The largest absolute Gasteiger partial charge is 0.388 e. The van der Waals surface area contributed by atoms with Crippen molar-refractivity contribution >= 4 is 0 Å². The number of hydrogen-bond acceptors (Lipinski definition) is 3. The molecule has 1 unspecified atom stereocenters. The van der Waals surface area contributed by atoms with Gasteiger partial charge < -0.3 is 15.6 Å². The maximum absolute atomic E-state index is 10.2. The van der Waals surface area contributed by atoms with Gasteiger partial charge in [0, 0.05) is 6.61 Å². The average Bonchev–Trinajstić information content (AvgIpc) is 2.60. The monoisotopic (exact) mass is 171 g/mol. The summed E-state index contributed by atoms with van der Waals surface area (Å²) in [5.41, 5.74) is 5.03. The molecular weight excluding hydrogens is 154 g/mol. The summed E-state index contributed by atoms with van der Waals surface area (Å²) in [6.45, 7) is 1.24. The fraction of sp³-hybridized carbons (Fsp3) is 1.00. The van der Waals surface area contributed by atoms with Gasteiger partial charge in [0.1, 0.15) is 0 Å². The molecule has 2 aliphatic rings. The zero-order chi connectivity index (χ0) is 8.66. The molecule has 1 aliphatic carbocycles. The molecule has 1 aliphatic heterocycles. The quantitative estimate of drug-likeness (QED) is 0.600. The molecule has 3 heteroatoms. The van der Waals surface area contributed by atoms with Gasteiger partial charge in [-0.25, -0.2) is 0 Å². The SMILES string of the molecule is NC1(C2(O)CCCC2)CCOC1. The van der Waals surface area contributed by atoms with Crippen molar-refractivity contribution in [3.8, 4) is 0 Å². The third-order valence-corrected chi connectivity index (χ3v) is 3.41. The van der Waals surface area contributed by atoms with Gasteiger partial charge in [-0.15, -0.1) is 0 Å². The summed E-state index contributed by atoms with van der Waals surface area (Å²) in [5, 5.41) is 10.2. The van der Waals surface area contributed by atoms with E-state index in [1.165, 1.54) is 0 Å². The molecule has 1 heterocycles. The van der Waals surface area contributed by atoms with Gasteiger partial charge >= 0.3 is 0 Å². The van der Waals surface area contributed by atoms with E-state index in [1.807, 2.05) is 0 Å². The number of hydrogen-bond donors (Lipinski definition) is 2. The van der Waals surface area contributed by atoms with Gasteiger partial charge in [-0.1, -0.05) is 12.8 Å². The topological polar surface area (TPSA) is 55.5 Å². The molecule has 1 saturated carbocycles. The second kappa shape index (κ2) is 2.69. The zero-order valence-corrected chi connectivity index (χ0v) is 7.38. The van der Waals surface area contributed by atoms with Crippen LogP contribution >= 0.6 is 0 Å². The van der Waals surface area contributed by atoms with Gasteiger partial charge in [0.15, 0.2) is 0 Å². The van der Waals surface area contributed by atoms with Crippen LogP contribution in [0, 0.1) is 0 Å². The van der Waals surface area contributed by atoms with Crippen LogP contribution < -0.4 is 5.73 Å². The van der Waals surface area contributed by atoms with Crippen LogP contribution in [0.15, 0.2) is 0 Å². The van der Waals surface area contributed by atoms with Gasteiger partial charge in [0.05, 0.1) is 17.7 Å². The Hall–Kier alpha value is -0.120. The van der Waals surface area contributed by atoms with Crippen LogP contribution in [0.1, 0.15) is 32.1 Å². The summed E-state index contributed by atoms with van der Waals surface area (Å²) in [5.74, 6) is 0. The predicted octanol–water partition coefficient (Wildman–Crippen LogP) is 0.409. The Morgan fingerprint density at radius 2 is 1.83 bits per heavy atom. The van der Waals surface area contributed by atoms with Crippen molar-refractivity contribution in [3.63, 3.8) is 0 Å². The minimum absolute atomic E-state index is 0.455. The number of rotatable bonds is 1. The molecule has 1 atom stereocenters. The van der Waals surface area contributed by atoms with E-state index in [9.17, 15) is 5.11 Å². The summed E-state index contributed by atoms with van der Waals surface area (Å²) >= 11 is 0. The first kappa shape index (κ1) is 8.48. The first-order valence-electron chi connectivity index (χ1n) is 4.75. The van der Waals surface area contributed by atoms with Crippen molar-refractivity contribution in [1.29, 1.82) is 0 Å². The first-order valence-corrected chi connectivity index (χ1v) is 4.75.